The topological polar surface area (TPSA) is 51.3 Å². The molecule has 0 aliphatic rings. The SMILES string of the molecule is CCCCOCCCOCc1[nH]c2ccccc2c(=O)c1C. The molecule has 0 unspecified atom stereocenters. The van der Waals surface area contributed by atoms with E-state index in [1.165, 1.54) is 0 Å². The number of aromatic nitrogens is 1. The van der Waals surface area contributed by atoms with Crippen LogP contribution in [0.15, 0.2) is 29.1 Å². The normalized spacial score (nSPS) is 11.2. The summed E-state index contributed by atoms with van der Waals surface area (Å²) in [5, 5.41) is 0.730. The van der Waals surface area contributed by atoms with Crippen molar-refractivity contribution in [2.24, 2.45) is 0 Å². The van der Waals surface area contributed by atoms with Crippen LogP contribution in [0.4, 0.5) is 0 Å². The molecule has 0 radical (unpaired) electrons. The maximum Gasteiger partial charge on any atom is 0.192 e. The van der Waals surface area contributed by atoms with Gasteiger partial charge in [0.05, 0.1) is 6.61 Å². The Bertz CT molecular complexity index is 648. The highest BCUT2D eigenvalue weighted by Gasteiger charge is 2.07. The highest BCUT2D eigenvalue weighted by Crippen LogP contribution is 2.11. The van der Waals surface area contributed by atoms with Crippen molar-refractivity contribution in [3.63, 3.8) is 0 Å². The van der Waals surface area contributed by atoms with Crippen molar-refractivity contribution in [3.05, 3.63) is 45.7 Å². The lowest BCUT2D eigenvalue weighted by molar-refractivity contribution is 0.0734. The van der Waals surface area contributed by atoms with Crippen molar-refractivity contribution in [1.82, 2.24) is 4.98 Å². The van der Waals surface area contributed by atoms with E-state index in [-0.39, 0.29) is 5.43 Å². The van der Waals surface area contributed by atoms with Gasteiger partial charge >= 0.3 is 0 Å². The quantitative estimate of drug-likeness (QED) is 0.721. The van der Waals surface area contributed by atoms with Gasteiger partial charge in [-0.1, -0.05) is 25.5 Å². The zero-order valence-electron chi connectivity index (χ0n) is 13.5. The second kappa shape index (κ2) is 8.71. The molecule has 0 saturated carbocycles. The minimum atomic E-state index is 0.0795. The Morgan fingerprint density at radius 3 is 2.59 bits per heavy atom. The molecular weight excluding hydrogens is 278 g/mol. The van der Waals surface area contributed by atoms with Gasteiger partial charge in [-0.25, -0.2) is 0 Å². The van der Waals surface area contributed by atoms with Crippen molar-refractivity contribution in [3.8, 4) is 0 Å². The predicted octanol–water partition coefficient (Wildman–Crippen LogP) is 3.56. The van der Waals surface area contributed by atoms with Gasteiger partial charge in [-0.3, -0.25) is 4.79 Å². The molecule has 0 saturated heterocycles. The molecule has 0 fully saturated rings. The van der Waals surface area contributed by atoms with Crippen LogP contribution >= 0.6 is 0 Å². The fourth-order valence-corrected chi connectivity index (χ4v) is 2.32. The Morgan fingerprint density at radius 1 is 1.05 bits per heavy atom. The number of rotatable bonds is 9. The van der Waals surface area contributed by atoms with E-state index in [0.717, 1.165) is 54.6 Å². The summed E-state index contributed by atoms with van der Waals surface area (Å²) in [4.78, 5) is 15.6. The van der Waals surface area contributed by atoms with Crippen molar-refractivity contribution >= 4 is 10.9 Å². The molecule has 0 bridgehead atoms. The molecule has 0 aliphatic heterocycles. The van der Waals surface area contributed by atoms with Gasteiger partial charge in [-0.2, -0.15) is 0 Å². The molecular formula is C18H25NO3. The number of benzene rings is 1. The number of H-pyrrole nitrogens is 1. The maximum atomic E-state index is 12.3. The molecule has 0 spiro atoms. The van der Waals surface area contributed by atoms with Crippen molar-refractivity contribution in [1.29, 1.82) is 0 Å². The van der Waals surface area contributed by atoms with E-state index in [2.05, 4.69) is 11.9 Å². The molecule has 0 atom stereocenters. The van der Waals surface area contributed by atoms with E-state index < -0.39 is 0 Å². The van der Waals surface area contributed by atoms with Crippen LogP contribution < -0.4 is 5.43 Å². The third kappa shape index (κ3) is 4.42. The first-order chi connectivity index (χ1) is 10.7. The number of hydrogen-bond acceptors (Lipinski definition) is 3. The molecule has 0 amide bonds. The maximum absolute atomic E-state index is 12.3. The van der Waals surface area contributed by atoms with Gasteiger partial charge in [0.15, 0.2) is 5.43 Å². The Balaban J connectivity index is 1.84. The number of fused-ring (bicyclic) bond motifs is 1. The number of para-hydroxylation sites is 1. The number of pyridine rings is 1. The van der Waals surface area contributed by atoms with Crippen LogP contribution in [-0.4, -0.2) is 24.8 Å². The third-order valence-electron chi connectivity index (χ3n) is 3.72. The van der Waals surface area contributed by atoms with Gasteiger partial charge in [0.25, 0.3) is 0 Å². The van der Waals surface area contributed by atoms with Crippen LogP contribution in [0.3, 0.4) is 0 Å². The largest absolute Gasteiger partial charge is 0.381 e. The Morgan fingerprint density at radius 2 is 1.77 bits per heavy atom. The van der Waals surface area contributed by atoms with Crippen molar-refractivity contribution in [2.75, 3.05) is 19.8 Å². The van der Waals surface area contributed by atoms with Gasteiger partial charge in [0.1, 0.15) is 0 Å². The van der Waals surface area contributed by atoms with E-state index >= 15 is 0 Å². The summed E-state index contributed by atoms with van der Waals surface area (Å²) in [6.07, 6.45) is 3.14. The number of hydrogen-bond donors (Lipinski definition) is 1. The molecule has 1 aromatic heterocycles. The minimum Gasteiger partial charge on any atom is -0.381 e. The van der Waals surface area contributed by atoms with Crippen LogP contribution in [0.1, 0.15) is 37.4 Å². The fourth-order valence-electron chi connectivity index (χ4n) is 2.32. The van der Waals surface area contributed by atoms with Crippen LogP contribution in [0.2, 0.25) is 0 Å². The first kappa shape index (κ1) is 16.7. The first-order valence-corrected chi connectivity index (χ1v) is 8.00. The summed E-state index contributed by atoms with van der Waals surface area (Å²) < 4.78 is 11.1. The van der Waals surface area contributed by atoms with Gasteiger partial charge in [0.2, 0.25) is 0 Å². The molecule has 2 rings (SSSR count). The van der Waals surface area contributed by atoms with E-state index in [4.69, 9.17) is 9.47 Å². The Hall–Kier alpha value is -1.65. The van der Waals surface area contributed by atoms with E-state index in [1.807, 2.05) is 31.2 Å². The zero-order valence-corrected chi connectivity index (χ0v) is 13.5. The number of unbranched alkanes of at least 4 members (excludes halogenated alkanes) is 1. The first-order valence-electron chi connectivity index (χ1n) is 8.00. The number of ether oxygens (including phenoxy) is 2. The molecule has 120 valence electrons. The molecule has 4 nitrogen and oxygen atoms in total. The van der Waals surface area contributed by atoms with Gasteiger partial charge in [-0.05, 0) is 31.9 Å². The summed E-state index contributed by atoms with van der Waals surface area (Å²) in [5.41, 5.74) is 2.53. The lowest BCUT2D eigenvalue weighted by Gasteiger charge is -2.09. The van der Waals surface area contributed by atoms with Gasteiger partial charge < -0.3 is 14.5 Å². The number of aromatic amines is 1. The second-order valence-electron chi connectivity index (χ2n) is 5.48. The lowest BCUT2D eigenvalue weighted by Crippen LogP contribution is -2.13. The fraction of sp³-hybridized carbons (Fsp3) is 0.500. The van der Waals surface area contributed by atoms with Crippen LogP contribution in [-0.2, 0) is 16.1 Å². The predicted molar refractivity (Wildman–Crippen MR) is 89.3 cm³/mol. The standard InChI is InChI=1S/C18H25NO3/c1-3-4-10-21-11-7-12-22-13-17-14(2)18(20)15-8-5-6-9-16(15)19-17/h5-6,8-9H,3-4,7,10-13H2,1-2H3,(H,19,20). The van der Waals surface area contributed by atoms with Gasteiger partial charge in [0, 0.05) is 42.0 Å². The summed E-state index contributed by atoms with van der Waals surface area (Å²) in [5.74, 6) is 0. The summed E-state index contributed by atoms with van der Waals surface area (Å²) in [6.45, 7) is 6.62. The minimum absolute atomic E-state index is 0.0795. The molecule has 2 aromatic rings. The van der Waals surface area contributed by atoms with Crippen LogP contribution in [0.5, 0.6) is 0 Å². The van der Waals surface area contributed by atoms with Crippen molar-refractivity contribution in [2.45, 2.75) is 39.7 Å². The van der Waals surface area contributed by atoms with E-state index in [9.17, 15) is 4.79 Å². The molecule has 22 heavy (non-hydrogen) atoms. The second-order valence-corrected chi connectivity index (χ2v) is 5.48. The smallest absolute Gasteiger partial charge is 0.192 e. The molecule has 0 aliphatic carbocycles. The zero-order chi connectivity index (χ0) is 15.8. The monoisotopic (exact) mass is 303 g/mol. The average molecular weight is 303 g/mol. The summed E-state index contributed by atoms with van der Waals surface area (Å²) in [7, 11) is 0. The molecule has 1 N–H and O–H groups in total. The highest BCUT2D eigenvalue weighted by molar-refractivity contribution is 5.79. The van der Waals surface area contributed by atoms with Crippen LogP contribution in [0.25, 0.3) is 10.9 Å². The summed E-state index contributed by atoms with van der Waals surface area (Å²) >= 11 is 0. The Kier molecular flexibility index (Phi) is 6.62. The van der Waals surface area contributed by atoms with E-state index in [0.29, 0.717) is 13.2 Å². The third-order valence-corrected chi connectivity index (χ3v) is 3.72. The Labute approximate surface area is 131 Å². The van der Waals surface area contributed by atoms with E-state index in [1.54, 1.807) is 0 Å². The van der Waals surface area contributed by atoms with Gasteiger partial charge in [-0.15, -0.1) is 0 Å². The average Bonchev–Trinajstić information content (AvgIpc) is 2.54. The van der Waals surface area contributed by atoms with Crippen molar-refractivity contribution < 1.29 is 9.47 Å². The number of nitrogens with one attached hydrogen (secondary N) is 1. The van der Waals surface area contributed by atoms with Crippen LogP contribution in [0, 0.1) is 6.92 Å². The highest BCUT2D eigenvalue weighted by atomic mass is 16.5. The summed E-state index contributed by atoms with van der Waals surface area (Å²) in [6, 6.07) is 7.57. The molecule has 1 aromatic carbocycles. The molecule has 4 heteroatoms. The molecule has 1 heterocycles. The lowest BCUT2D eigenvalue weighted by atomic mass is 10.1.